The summed E-state index contributed by atoms with van der Waals surface area (Å²) >= 11 is 0. The second-order valence-corrected chi connectivity index (χ2v) is 12.3. The molecule has 1 spiro atoms. The SMILES string of the molecule is C=C1[C@H](O)CC(=C/C=C2\CCC[C@]3(C)[C@@H]([C@H](C)CCN4CCOC5(CC5)C4)CC[C@@H]23)C[C@H]1O. The Morgan fingerprint density at radius 3 is 2.64 bits per heavy atom. The molecule has 4 nitrogen and oxygen atoms in total. The first kappa shape index (κ1) is 23.8. The molecule has 1 saturated heterocycles. The van der Waals surface area contributed by atoms with Crippen LogP contribution >= 0.6 is 0 Å². The molecule has 184 valence electrons. The van der Waals surface area contributed by atoms with Gasteiger partial charge in [-0.15, -0.1) is 0 Å². The third-order valence-corrected chi connectivity index (χ3v) is 10.1. The van der Waals surface area contributed by atoms with Crippen molar-refractivity contribution < 1.29 is 14.9 Å². The number of rotatable bonds is 5. The second kappa shape index (κ2) is 9.26. The Kier molecular flexibility index (Phi) is 6.67. The van der Waals surface area contributed by atoms with Crippen LogP contribution in [0.15, 0.2) is 35.5 Å². The average Bonchev–Trinajstić information content (AvgIpc) is 3.42. The molecule has 0 amide bonds. The van der Waals surface area contributed by atoms with Crippen molar-refractivity contribution in [3.05, 3.63) is 35.5 Å². The summed E-state index contributed by atoms with van der Waals surface area (Å²) in [5.74, 6) is 2.28. The minimum absolute atomic E-state index is 0.237. The molecule has 0 unspecified atom stereocenters. The summed E-state index contributed by atoms with van der Waals surface area (Å²) in [5, 5.41) is 20.4. The van der Waals surface area contributed by atoms with Crippen molar-refractivity contribution in [3.63, 3.8) is 0 Å². The molecule has 0 radical (unpaired) electrons. The van der Waals surface area contributed by atoms with Crippen molar-refractivity contribution in [3.8, 4) is 0 Å². The van der Waals surface area contributed by atoms with Gasteiger partial charge in [-0.1, -0.05) is 43.7 Å². The lowest BCUT2D eigenvalue weighted by Crippen LogP contribution is -2.45. The van der Waals surface area contributed by atoms with Crippen LogP contribution in [0.5, 0.6) is 0 Å². The molecule has 0 bridgehead atoms. The minimum Gasteiger partial charge on any atom is -0.388 e. The fourth-order valence-corrected chi connectivity index (χ4v) is 7.78. The summed E-state index contributed by atoms with van der Waals surface area (Å²) in [6, 6.07) is 0. The first-order valence-corrected chi connectivity index (χ1v) is 13.6. The first-order chi connectivity index (χ1) is 15.8. The van der Waals surface area contributed by atoms with Gasteiger partial charge < -0.3 is 14.9 Å². The van der Waals surface area contributed by atoms with Gasteiger partial charge >= 0.3 is 0 Å². The zero-order chi connectivity index (χ0) is 23.2. The number of hydrogen-bond acceptors (Lipinski definition) is 4. The van der Waals surface area contributed by atoms with E-state index >= 15 is 0 Å². The third kappa shape index (κ3) is 4.78. The molecule has 0 aromatic rings. The molecule has 4 saturated carbocycles. The van der Waals surface area contributed by atoms with Gasteiger partial charge in [-0.3, -0.25) is 4.90 Å². The Bertz CT molecular complexity index is 796. The number of allylic oxidation sites excluding steroid dienone is 3. The smallest absolute Gasteiger partial charge is 0.0811 e. The molecule has 6 atom stereocenters. The van der Waals surface area contributed by atoms with Crippen LogP contribution in [0.2, 0.25) is 0 Å². The van der Waals surface area contributed by atoms with E-state index in [4.69, 9.17) is 4.74 Å². The van der Waals surface area contributed by atoms with Gasteiger partial charge in [-0.25, -0.2) is 0 Å². The zero-order valence-corrected chi connectivity index (χ0v) is 20.9. The van der Waals surface area contributed by atoms with Crippen molar-refractivity contribution in [1.82, 2.24) is 4.90 Å². The molecule has 0 aromatic heterocycles. The number of morpholine rings is 1. The molecule has 4 aliphatic carbocycles. The quantitative estimate of drug-likeness (QED) is 0.572. The van der Waals surface area contributed by atoms with Crippen LogP contribution in [0.1, 0.15) is 78.1 Å². The van der Waals surface area contributed by atoms with E-state index in [9.17, 15) is 10.2 Å². The van der Waals surface area contributed by atoms with Gasteiger partial charge in [0.25, 0.3) is 0 Å². The lowest BCUT2D eigenvalue weighted by molar-refractivity contribution is -0.0483. The first-order valence-electron chi connectivity index (χ1n) is 13.6. The molecule has 33 heavy (non-hydrogen) atoms. The maximum absolute atomic E-state index is 10.2. The zero-order valence-electron chi connectivity index (χ0n) is 20.9. The molecule has 4 heteroatoms. The van der Waals surface area contributed by atoms with E-state index in [-0.39, 0.29) is 5.60 Å². The van der Waals surface area contributed by atoms with E-state index in [1.54, 1.807) is 5.57 Å². The van der Waals surface area contributed by atoms with Crippen molar-refractivity contribution in [2.75, 3.05) is 26.2 Å². The number of nitrogens with zero attached hydrogens (tertiary/aromatic N) is 1. The molecule has 0 aromatic carbocycles. The normalized spacial score (nSPS) is 40.8. The summed E-state index contributed by atoms with van der Waals surface area (Å²) in [6.07, 6.45) is 15.0. The highest BCUT2D eigenvalue weighted by atomic mass is 16.5. The van der Waals surface area contributed by atoms with E-state index in [2.05, 4.69) is 37.5 Å². The second-order valence-electron chi connectivity index (χ2n) is 12.3. The van der Waals surface area contributed by atoms with Gasteiger partial charge in [-0.2, -0.15) is 0 Å². The molecule has 5 aliphatic rings. The summed E-state index contributed by atoms with van der Waals surface area (Å²) in [4.78, 5) is 2.67. The largest absolute Gasteiger partial charge is 0.388 e. The van der Waals surface area contributed by atoms with E-state index in [0.29, 0.717) is 29.7 Å². The monoisotopic (exact) mass is 455 g/mol. The molecule has 2 N–H and O–H groups in total. The highest BCUT2D eigenvalue weighted by Crippen LogP contribution is 2.59. The van der Waals surface area contributed by atoms with Crippen LogP contribution in [0.3, 0.4) is 0 Å². The molecule has 1 aliphatic heterocycles. The van der Waals surface area contributed by atoms with Gasteiger partial charge in [0.15, 0.2) is 0 Å². The van der Waals surface area contributed by atoms with Crippen molar-refractivity contribution in [2.24, 2.45) is 23.2 Å². The Balaban J connectivity index is 1.21. The topological polar surface area (TPSA) is 52.9 Å². The van der Waals surface area contributed by atoms with Crippen LogP contribution in [0.4, 0.5) is 0 Å². The summed E-state index contributed by atoms with van der Waals surface area (Å²) < 4.78 is 6.01. The van der Waals surface area contributed by atoms with Crippen molar-refractivity contribution in [2.45, 2.75) is 95.9 Å². The maximum atomic E-state index is 10.2. The van der Waals surface area contributed by atoms with Gasteiger partial charge in [-0.05, 0) is 99.5 Å². The molecule has 5 fully saturated rings. The Hall–Kier alpha value is -0.940. The highest BCUT2D eigenvalue weighted by molar-refractivity contribution is 5.29. The molecule has 5 rings (SSSR count). The number of ether oxygens (including phenoxy) is 1. The Morgan fingerprint density at radius 1 is 1.15 bits per heavy atom. The Labute approximate surface area is 200 Å². The lowest BCUT2D eigenvalue weighted by Gasteiger charge is -2.45. The number of aliphatic hydroxyl groups excluding tert-OH is 2. The lowest BCUT2D eigenvalue weighted by atomic mass is 9.61. The van der Waals surface area contributed by atoms with Crippen LogP contribution in [0, 0.1) is 23.2 Å². The highest BCUT2D eigenvalue weighted by Gasteiger charge is 2.51. The fourth-order valence-electron chi connectivity index (χ4n) is 7.78. The predicted molar refractivity (Wildman–Crippen MR) is 133 cm³/mol. The maximum Gasteiger partial charge on any atom is 0.0811 e. The summed E-state index contributed by atoms with van der Waals surface area (Å²) in [7, 11) is 0. The molecule has 1 heterocycles. The number of fused-ring (bicyclic) bond motifs is 1. The van der Waals surface area contributed by atoms with E-state index in [1.165, 1.54) is 57.9 Å². The number of hydrogen-bond donors (Lipinski definition) is 2. The third-order valence-electron chi connectivity index (χ3n) is 10.1. The summed E-state index contributed by atoms with van der Waals surface area (Å²) in [6.45, 7) is 13.4. The van der Waals surface area contributed by atoms with Crippen LogP contribution < -0.4 is 0 Å². The summed E-state index contributed by atoms with van der Waals surface area (Å²) in [5.41, 5.74) is 4.00. The van der Waals surface area contributed by atoms with E-state index in [1.807, 2.05) is 0 Å². The average molecular weight is 456 g/mol. The van der Waals surface area contributed by atoms with Gasteiger partial charge in [0.1, 0.15) is 0 Å². The van der Waals surface area contributed by atoms with Gasteiger partial charge in [0, 0.05) is 13.1 Å². The van der Waals surface area contributed by atoms with E-state index < -0.39 is 12.2 Å². The van der Waals surface area contributed by atoms with Crippen LogP contribution in [-0.4, -0.2) is 59.2 Å². The number of aliphatic hydroxyl groups is 2. The van der Waals surface area contributed by atoms with Crippen molar-refractivity contribution in [1.29, 1.82) is 0 Å². The van der Waals surface area contributed by atoms with Crippen molar-refractivity contribution >= 4 is 0 Å². The van der Waals surface area contributed by atoms with Crippen LogP contribution in [0.25, 0.3) is 0 Å². The van der Waals surface area contributed by atoms with Crippen LogP contribution in [-0.2, 0) is 4.74 Å². The van der Waals surface area contributed by atoms with E-state index in [0.717, 1.165) is 37.1 Å². The predicted octanol–water partition coefficient (Wildman–Crippen LogP) is 5.02. The van der Waals surface area contributed by atoms with Gasteiger partial charge in [0.2, 0.25) is 0 Å². The Morgan fingerprint density at radius 2 is 1.91 bits per heavy atom. The molecular formula is C29H45NO3. The van der Waals surface area contributed by atoms with Gasteiger partial charge in [0.05, 0.1) is 24.4 Å². The standard InChI is InChI=1S/C29H45NO3/c1-20(10-14-30-15-16-33-29(19-30)12-13-29)24-8-9-25-23(5-4-11-28(24,25)3)7-6-22-17-26(31)21(2)27(32)18-22/h6-7,20,24-27,31-32H,2,4-5,8-19H2,1,3H3/b23-7+/t20-,24-,25+,26-,27-,28-/m1/s1. The molecular weight excluding hydrogens is 410 g/mol. The fraction of sp³-hybridized carbons (Fsp3) is 0.793. The minimum atomic E-state index is -0.604.